The number of carbonyl (C=O) groups excluding carboxylic acids is 7. The minimum absolute atomic E-state index is 0.0123. The molecule has 0 radical (unpaired) electrons. The van der Waals surface area contributed by atoms with Gasteiger partial charge in [-0.3, -0.25) is 19.7 Å². The largest absolute Gasteiger partial charge is 0.542 e. The second kappa shape index (κ2) is 22.3. The van der Waals surface area contributed by atoms with Gasteiger partial charge >= 0.3 is 42.1 Å². The number of alkyl carbamates (subject to hydrolysis) is 1. The summed E-state index contributed by atoms with van der Waals surface area (Å²) in [6.07, 6.45) is 1.66. The Hall–Kier alpha value is -4.57. The summed E-state index contributed by atoms with van der Waals surface area (Å²) in [6.45, 7) is 8.04. The van der Waals surface area contributed by atoms with Crippen LogP contribution in [0.25, 0.3) is 0 Å². The van der Waals surface area contributed by atoms with E-state index in [0.29, 0.717) is 57.8 Å². The van der Waals surface area contributed by atoms with E-state index < -0.39 is 92.4 Å². The SMILES string of the molecule is CC(=O)OC(C)COO/C=N\C1CCCCC[N+]12C(=O)[N+]1(CCCCCC1/N=C\OOCC(C)OC(C)=O)C(=O)[N+]1(CCCCCC1NC(=O)OCC(C)OC(C)=O)C2=O. The zero-order chi connectivity index (χ0) is 43.9. The lowest BCUT2D eigenvalue weighted by Gasteiger charge is -2.51. The molecule has 1 N–H and O–H groups in total. The lowest BCUT2D eigenvalue weighted by molar-refractivity contribution is -1.04. The number of aliphatic imine (C=N–C) groups is 2. The third kappa shape index (κ3) is 11.4. The van der Waals surface area contributed by atoms with Gasteiger partial charge < -0.3 is 28.7 Å². The first-order valence-corrected chi connectivity index (χ1v) is 20.9. The molecule has 21 heteroatoms. The Morgan fingerprint density at radius 1 is 0.583 bits per heavy atom. The Morgan fingerprint density at radius 2 is 0.967 bits per heavy atom. The van der Waals surface area contributed by atoms with Crippen molar-refractivity contribution in [3.63, 3.8) is 0 Å². The summed E-state index contributed by atoms with van der Waals surface area (Å²) in [4.78, 5) is 126. The van der Waals surface area contributed by atoms with Crippen LogP contribution in [0.3, 0.4) is 0 Å². The quantitative estimate of drug-likeness (QED) is 0.0313. The number of carbonyl (C=O) groups is 7. The molecule has 21 nitrogen and oxygen atoms in total. The van der Waals surface area contributed by atoms with E-state index in [9.17, 15) is 19.2 Å². The lowest BCUT2D eigenvalue weighted by Crippen LogP contribution is -2.90. The second-order valence-electron chi connectivity index (χ2n) is 15.9. The van der Waals surface area contributed by atoms with Crippen LogP contribution in [0.5, 0.6) is 0 Å². The van der Waals surface area contributed by atoms with Crippen molar-refractivity contribution in [2.75, 3.05) is 39.5 Å². The van der Waals surface area contributed by atoms with Crippen molar-refractivity contribution in [3.05, 3.63) is 0 Å². The molecular weight excluding hydrogens is 792 g/mol. The van der Waals surface area contributed by atoms with Crippen LogP contribution in [-0.4, -0.2) is 145 Å². The molecule has 4 aliphatic heterocycles. The van der Waals surface area contributed by atoms with Crippen LogP contribution in [0.4, 0.5) is 19.2 Å². The summed E-state index contributed by atoms with van der Waals surface area (Å²) in [5.74, 6) is -1.54. The number of amides is 7. The normalized spacial score (nSPS) is 30.2. The van der Waals surface area contributed by atoms with E-state index in [0.717, 1.165) is 12.8 Å². The number of nitrogens with one attached hydrogen (secondary N) is 1. The van der Waals surface area contributed by atoms with Crippen molar-refractivity contribution < 1.29 is 85.5 Å². The lowest BCUT2D eigenvalue weighted by atomic mass is 10.1. The molecule has 0 bridgehead atoms. The fraction of sp³-hybridized carbons (Fsp3) is 0.769. The molecule has 4 rings (SSSR count). The summed E-state index contributed by atoms with van der Waals surface area (Å²) < 4.78 is 18.1. The van der Waals surface area contributed by atoms with Gasteiger partial charge in [-0.05, 0) is 78.6 Å². The number of urea groups is 3. The molecule has 4 aliphatic rings. The van der Waals surface area contributed by atoms with Crippen molar-refractivity contribution in [1.29, 1.82) is 0 Å². The van der Waals surface area contributed by atoms with Crippen molar-refractivity contribution in [1.82, 2.24) is 5.32 Å². The summed E-state index contributed by atoms with van der Waals surface area (Å²) in [7, 11) is 0. The van der Waals surface area contributed by atoms with E-state index in [-0.39, 0.29) is 58.7 Å². The summed E-state index contributed by atoms with van der Waals surface area (Å²) in [6, 6.07) is -2.11. The highest BCUT2D eigenvalue weighted by molar-refractivity contribution is 5.92. The molecule has 0 aliphatic carbocycles. The highest BCUT2D eigenvalue weighted by Gasteiger charge is 2.84. The fourth-order valence-electron chi connectivity index (χ4n) is 8.67. The summed E-state index contributed by atoms with van der Waals surface area (Å²) in [5, 5.41) is 2.84. The molecule has 0 aromatic heterocycles. The van der Waals surface area contributed by atoms with Crippen LogP contribution < -0.4 is 5.32 Å². The predicted molar refractivity (Wildman–Crippen MR) is 208 cm³/mol. The van der Waals surface area contributed by atoms with E-state index >= 15 is 14.4 Å². The van der Waals surface area contributed by atoms with E-state index in [4.69, 9.17) is 38.5 Å². The van der Waals surface area contributed by atoms with Gasteiger partial charge in [0, 0.05) is 40.0 Å². The Kier molecular flexibility index (Phi) is 17.9. The Morgan fingerprint density at radius 3 is 1.40 bits per heavy atom. The first kappa shape index (κ1) is 48.1. The maximum Gasteiger partial charge on any atom is 0.542 e. The third-order valence-electron chi connectivity index (χ3n) is 11.2. The van der Waals surface area contributed by atoms with E-state index in [2.05, 4.69) is 15.3 Å². The number of hydrogen-bond acceptors (Lipinski definition) is 17. The van der Waals surface area contributed by atoms with Gasteiger partial charge in [0.1, 0.15) is 57.8 Å². The first-order chi connectivity index (χ1) is 28.6. The van der Waals surface area contributed by atoms with Crippen LogP contribution in [0.1, 0.15) is 119 Å². The van der Waals surface area contributed by atoms with Gasteiger partial charge in [-0.15, -0.1) is 0 Å². The first-order valence-electron chi connectivity index (χ1n) is 20.9. The smallest absolute Gasteiger partial charge is 0.460 e. The number of hydrogen-bond donors (Lipinski definition) is 1. The molecule has 8 unspecified atom stereocenters. The summed E-state index contributed by atoms with van der Waals surface area (Å²) >= 11 is 0. The van der Waals surface area contributed by atoms with Crippen LogP contribution >= 0.6 is 0 Å². The van der Waals surface area contributed by atoms with Gasteiger partial charge in [0.25, 0.3) is 0 Å². The Bertz CT molecular complexity index is 1530. The molecule has 0 aromatic rings. The fourth-order valence-corrected chi connectivity index (χ4v) is 8.67. The molecular formula is C39H63N6O15+3. The molecule has 8 atom stereocenters. The van der Waals surface area contributed by atoms with E-state index in [1.165, 1.54) is 20.8 Å². The number of imide groups is 3. The van der Waals surface area contributed by atoms with E-state index in [1.54, 1.807) is 20.8 Å². The molecule has 3 spiro atoms. The van der Waals surface area contributed by atoms with Crippen molar-refractivity contribution >= 4 is 54.9 Å². The number of esters is 3. The third-order valence-corrected chi connectivity index (χ3v) is 11.2. The average Bonchev–Trinajstić information content (AvgIpc) is 3.62. The topological polar surface area (TPSA) is 230 Å². The maximum absolute atomic E-state index is 15.9. The van der Waals surface area contributed by atoms with Gasteiger partial charge in [0.15, 0.2) is 6.17 Å². The van der Waals surface area contributed by atoms with Crippen molar-refractivity contribution in [2.45, 2.75) is 155 Å². The average molecular weight is 856 g/mol. The van der Waals surface area contributed by atoms with Crippen molar-refractivity contribution in [2.24, 2.45) is 9.98 Å². The molecule has 0 saturated carbocycles. The number of ether oxygens (including phenoxy) is 4. The number of quaternary nitrogens is 3. The summed E-state index contributed by atoms with van der Waals surface area (Å²) in [5.41, 5.74) is 0. The van der Waals surface area contributed by atoms with Crippen LogP contribution in [0, 0.1) is 0 Å². The molecule has 4 fully saturated rings. The maximum atomic E-state index is 15.9. The predicted octanol–water partition coefficient (Wildman–Crippen LogP) is 5.04. The number of nitrogens with zero attached hydrogens (tertiary/aromatic N) is 5. The van der Waals surface area contributed by atoms with Crippen LogP contribution in [-0.2, 0) is 52.9 Å². The van der Waals surface area contributed by atoms with Crippen LogP contribution in [0.15, 0.2) is 9.98 Å². The highest BCUT2D eigenvalue weighted by Crippen LogP contribution is 2.46. The van der Waals surface area contributed by atoms with Gasteiger partial charge in [-0.25, -0.2) is 4.79 Å². The zero-order valence-electron chi connectivity index (χ0n) is 35.7. The monoisotopic (exact) mass is 855 g/mol. The standard InChI is InChI=1S/C39H62N6O15/c1-27(58-30(4)46)22-53-36(49)42-35-18-12-9-15-21-45(35)38(51)43(19-13-7-10-16-33(43)40-25-56-54-23-28(2)59-31(5)47)37(50)44(39(45)52)20-14-8-11-17-34(44)41-26-57-55-24-29(3)60-32(6)48/h25-29,33-35H,7-24H2,1-6H3/q+2/p+1/b40-25-,41-26-. The van der Waals surface area contributed by atoms with Gasteiger partial charge in [-0.2, -0.15) is 34.1 Å². The Labute approximate surface area is 350 Å². The van der Waals surface area contributed by atoms with Gasteiger partial charge in [-0.1, -0.05) is 13.4 Å². The van der Waals surface area contributed by atoms with Gasteiger partial charge in [0.2, 0.25) is 25.1 Å². The second-order valence-corrected chi connectivity index (χ2v) is 15.9. The minimum atomic E-state index is -1.15. The van der Waals surface area contributed by atoms with Crippen molar-refractivity contribution in [3.8, 4) is 0 Å². The molecule has 60 heavy (non-hydrogen) atoms. The molecule has 4 saturated heterocycles. The molecule has 7 amide bonds. The highest BCUT2D eigenvalue weighted by atomic mass is 17.2. The molecule has 4 heterocycles. The number of rotatable bonds is 16. The van der Waals surface area contributed by atoms with E-state index in [1.807, 2.05) is 0 Å². The molecule has 336 valence electrons. The Balaban J connectivity index is 1.82. The molecule has 0 aromatic carbocycles. The zero-order valence-corrected chi connectivity index (χ0v) is 35.7. The van der Waals surface area contributed by atoms with Gasteiger partial charge in [0.05, 0.1) is 0 Å². The minimum Gasteiger partial charge on any atom is -0.460 e. The van der Waals surface area contributed by atoms with Crippen LogP contribution in [0.2, 0.25) is 0 Å².